The molecule has 0 spiro atoms. The van der Waals surface area contributed by atoms with Gasteiger partial charge in [0.25, 0.3) is 0 Å². The van der Waals surface area contributed by atoms with Gasteiger partial charge in [0.05, 0.1) is 11.4 Å². The molecule has 2 heterocycles. The van der Waals surface area contributed by atoms with E-state index in [1.807, 2.05) is 46.6 Å². The predicted octanol–water partition coefficient (Wildman–Crippen LogP) is 2.93. The summed E-state index contributed by atoms with van der Waals surface area (Å²) in [5.41, 5.74) is 2.90. The summed E-state index contributed by atoms with van der Waals surface area (Å²) in [6.45, 7) is 2.90. The number of carbonyl (C=O) groups excluding carboxylic acids is 2. The second-order valence-corrected chi connectivity index (χ2v) is 7.15. The molecule has 0 saturated heterocycles. The molecule has 2 aromatic heterocycles. The Labute approximate surface area is 167 Å². The maximum absolute atomic E-state index is 12.0. The van der Waals surface area contributed by atoms with Crippen LogP contribution in [-0.4, -0.2) is 34.7 Å². The van der Waals surface area contributed by atoms with Crippen molar-refractivity contribution in [3.8, 4) is 10.6 Å². The number of carbonyl (C=O) groups is 2. The number of amides is 2. The lowest BCUT2D eigenvalue weighted by Crippen LogP contribution is -2.32. The lowest BCUT2D eigenvalue weighted by molar-refractivity contribution is -0.119. The molecule has 0 bridgehead atoms. The van der Waals surface area contributed by atoms with Crippen LogP contribution in [0.25, 0.3) is 16.6 Å². The number of hydrogen-bond donors (Lipinski definition) is 2. The van der Waals surface area contributed by atoms with E-state index in [0.29, 0.717) is 19.6 Å². The molecule has 6 nitrogen and oxygen atoms in total. The fourth-order valence-corrected chi connectivity index (χ4v) is 3.39. The zero-order valence-electron chi connectivity index (χ0n) is 15.6. The third-order valence-corrected chi connectivity index (χ3v) is 4.82. The smallest absolute Gasteiger partial charge is 0.244 e. The first kappa shape index (κ1) is 19.6. The molecular formula is C21H22N4O2S. The molecule has 3 rings (SSSR count). The van der Waals surface area contributed by atoms with Gasteiger partial charge in [-0.05, 0) is 23.1 Å². The number of thiophene rings is 1. The standard InChI is InChI=1S/C21H22N4O2S/c1-16(26)22-11-12-23-20(27)10-9-18-15-25(14-17-6-3-2-4-7-17)24-21(18)19-8-5-13-28-19/h2-10,13,15H,11-12,14H2,1H3,(H,22,26)(H,23,27)/b10-9+. The van der Waals surface area contributed by atoms with Gasteiger partial charge in [-0.3, -0.25) is 14.3 Å². The van der Waals surface area contributed by atoms with Gasteiger partial charge in [0.15, 0.2) is 0 Å². The molecule has 0 fully saturated rings. The Morgan fingerprint density at radius 1 is 1.11 bits per heavy atom. The first-order valence-corrected chi connectivity index (χ1v) is 9.85. The van der Waals surface area contributed by atoms with E-state index >= 15 is 0 Å². The van der Waals surface area contributed by atoms with Crippen molar-refractivity contribution in [2.75, 3.05) is 13.1 Å². The van der Waals surface area contributed by atoms with E-state index < -0.39 is 0 Å². The Kier molecular flexibility index (Phi) is 6.75. The highest BCUT2D eigenvalue weighted by molar-refractivity contribution is 7.13. The summed E-state index contributed by atoms with van der Waals surface area (Å²) < 4.78 is 1.89. The molecule has 1 aromatic carbocycles. The van der Waals surface area contributed by atoms with E-state index in [9.17, 15) is 9.59 Å². The Morgan fingerprint density at radius 2 is 1.89 bits per heavy atom. The van der Waals surface area contributed by atoms with Gasteiger partial charge in [-0.25, -0.2) is 0 Å². The number of benzene rings is 1. The van der Waals surface area contributed by atoms with Gasteiger partial charge in [0.1, 0.15) is 5.69 Å². The Bertz CT molecular complexity index is 946. The van der Waals surface area contributed by atoms with Crippen molar-refractivity contribution < 1.29 is 9.59 Å². The van der Waals surface area contributed by atoms with Crippen molar-refractivity contribution in [3.05, 3.63) is 71.2 Å². The molecule has 7 heteroatoms. The van der Waals surface area contributed by atoms with Gasteiger partial charge < -0.3 is 10.6 Å². The summed E-state index contributed by atoms with van der Waals surface area (Å²) in [5, 5.41) is 12.1. The molecule has 0 saturated carbocycles. The predicted molar refractivity (Wildman–Crippen MR) is 112 cm³/mol. The molecule has 0 aliphatic heterocycles. The van der Waals surface area contributed by atoms with Gasteiger partial charge >= 0.3 is 0 Å². The first-order chi connectivity index (χ1) is 13.6. The Morgan fingerprint density at radius 3 is 2.61 bits per heavy atom. The van der Waals surface area contributed by atoms with Crippen LogP contribution in [0.15, 0.2) is 60.1 Å². The first-order valence-electron chi connectivity index (χ1n) is 8.97. The van der Waals surface area contributed by atoms with E-state index in [1.54, 1.807) is 17.4 Å². The van der Waals surface area contributed by atoms with Crippen LogP contribution in [-0.2, 0) is 16.1 Å². The van der Waals surface area contributed by atoms with Crippen molar-refractivity contribution in [3.63, 3.8) is 0 Å². The summed E-state index contributed by atoms with van der Waals surface area (Å²) >= 11 is 1.61. The third kappa shape index (κ3) is 5.65. The molecule has 0 unspecified atom stereocenters. The minimum atomic E-state index is -0.210. The zero-order chi connectivity index (χ0) is 19.8. The summed E-state index contributed by atoms with van der Waals surface area (Å²) in [4.78, 5) is 23.9. The largest absolute Gasteiger partial charge is 0.355 e. The van der Waals surface area contributed by atoms with E-state index in [-0.39, 0.29) is 11.8 Å². The fourth-order valence-electron chi connectivity index (χ4n) is 2.66. The molecule has 144 valence electrons. The van der Waals surface area contributed by atoms with Crippen LogP contribution in [0.2, 0.25) is 0 Å². The van der Waals surface area contributed by atoms with Crippen molar-refractivity contribution in [2.45, 2.75) is 13.5 Å². The van der Waals surface area contributed by atoms with Crippen molar-refractivity contribution in [1.82, 2.24) is 20.4 Å². The molecule has 2 N–H and O–H groups in total. The maximum Gasteiger partial charge on any atom is 0.244 e. The number of hydrogen-bond acceptors (Lipinski definition) is 4. The highest BCUT2D eigenvalue weighted by Gasteiger charge is 2.11. The molecular weight excluding hydrogens is 372 g/mol. The molecule has 0 atom stereocenters. The van der Waals surface area contributed by atoms with Gasteiger partial charge in [-0.1, -0.05) is 36.4 Å². The lowest BCUT2D eigenvalue weighted by atomic mass is 10.2. The topological polar surface area (TPSA) is 76.0 Å². The van der Waals surface area contributed by atoms with Crippen LogP contribution in [0.5, 0.6) is 0 Å². The normalized spacial score (nSPS) is 10.9. The summed E-state index contributed by atoms with van der Waals surface area (Å²) in [6.07, 6.45) is 5.22. The van der Waals surface area contributed by atoms with Crippen molar-refractivity contribution in [2.24, 2.45) is 0 Å². The lowest BCUT2D eigenvalue weighted by Gasteiger charge is -2.02. The van der Waals surface area contributed by atoms with E-state index in [4.69, 9.17) is 5.10 Å². The average Bonchev–Trinajstić information content (AvgIpc) is 3.34. The summed E-state index contributed by atoms with van der Waals surface area (Å²) in [7, 11) is 0. The van der Waals surface area contributed by atoms with Gasteiger partial charge in [0, 0.05) is 37.8 Å². The van der Waals surface area contributed by atoms with E-state index in [1.165, 1.54) is 13.0 Å². The van der Waals surface area contributed by atoms with Crippen LogP contribution in [0.3, 0.4) is 0 Å². The molecule has 0 radical (unpaired) electrons. The molecule has 28 heavy (non-hydrogen) atoms. The van der Waals surface area contributed by atoms with Gasteiger partial charge in [-0.2, -0.15) is 5.10 Å². The molecule has 0 aliphatic carbocycles. The van der Waals surface area contributed by atoms with Crippen LogP contribution in [0.4, 0.5) is 0 Å². The maximum atomic E-state index is 12.0. The second-order valence-electron chi connectivity index (χ2n) is 6.20. The van der Waals surface area contributed by atoms with E-state index in [0.717, 1.165) is 21.7 Å². The molecule has 2 amide bonds. The number of rotatable bonds is 8. The van der Waals surface area contributed by atoms with E-state index in [2.05, 4.69) is 22.8 Å². The number of nitrogens with zero attached hydrogens (tertiary/aromatic N) is 2. The number of nitrogens with one attached hydrogen (secondary N) is 2. The van der Waals surface area contributed by atoms with Crippen LogP contribution in [0, 0.1) is 0 Å². The van der Waals surface area contributed by atoms with Crippen LogP contribution in [0.1, 0.15) is 18.1 Å². The molecule has 0 aliphatic rings. The van der Waals surface area contributed by atoms with Crippen LogP contribution >= 0.6 is 11.3 Å². The van der Waals surface area contributed by atoms with Crippen molar-refractivity contribution >= 4 is 29.2 Å². The summed E-state index contributed by atoms with van der Waals surface area (Å²) in [6, 6.07) is 14.1. The SMILES string of the molecule is CC(=O)NCCNC(=O)/C=C/c1cn(Cc2ccccc2)nc1-c1cccs1. The van der Waals surface area contributed by atoms with Crippen molar-refractivity contribution in [1.29, 1.82) is 0 Å². The minimum Gasteiger partial charge on any atom is -0.355 e. The Balaban J connectivity index is 1.71. The zero-order valence-corrected chi connectivity index (χ0v) is 16.4. The quantitative estimate of drug-likeness (QED) is 0.456. The third-order valence-electron chi connectivity index (χ3n) is 3.94. The highest BCUT2D eigenvalue weighted by atomic mass is 32.1. The van der Waals surface area contributed by atoms with Gasteiger partial charge in [-0.15, -0.1) is 11.3 Å². The second kappa shape index (κ2) is 9.66. The summed E-state index contributed by atoms with van der Waals surface area (Å²) in [5.74, 6) is -0.325. The monoisotopic (exact) mass is 394 g/mol. The average molecular weight is 395 g/mol. The van der Waals surface area contributed by atoms with Crippen LogP contribution < -0.4 is 10.6 Å². The highest BCUT2D eigenvalue weighted by Crippen LogP contribution is 2.27. The number of aromatic nitrogens is 2. The molecule has 3 aromatic rings. The minimum absolute atomic E-state index is 0.115. The van der Waals surface area contributed by atoms with Gasteiger partial charge in [0.2, 0.25) is 11.8 Å². The fraction of sp³-hybridized carbons (Fsp3) is 0.190. The Hall–Kier alpha value is -3.19.